The summed E-state index contributed by atoms with van der Waals surface area (Å²) in [5.74, 6) is 2.75. The fourth-order valence-corrected chi connectivity index (χ4v) is 11.3. The van der Waals surface area contributed by atoms with Crippen molar-refractivity contribution in [3.63, 3.8) is 0 Å². The Labute approximate surface area is 435 Å². The third-order valence-electron chi connectivity index (χ3n) is 15.1. The maximum Gasteiger partial charge on any atom is 0.324 e. The van der Waals surface area contributed by atoms with Crippen molar-refractivity contribution in [3.05, 3.63) is 71.5 Å². The molecule has 4 aliphatic rings. The van der Waals surface area contributed by atoms with E-state index in [2.05, 4.69) is 84.9 Å². The third-order valence-corrected chi connectivity index (χ3v) is 15.1. The Balaban J connectivity index is 1.09. The largest absolute Gasteiger partial charge is 0.508 e. The number of fused-ring (bicyclic) bond motifs is 6. The van der Waals surface area contributed by atoms with E-state index in [-0.39, 0.29) is 61.7 Å². The summed E-state index contributed by atoms with van der Waals surface area (Å²) in [7, 11) is 3.24. The first-order valence-electron chi connectivity index (χ1n) is 26.2. The van der Waals surface area contributed by atoms with Gasteiger partial charge in [-0.15, -0.1) is 0 Å². The maximum absolute atomic E-state index is 14.8. The Morgan fingerprint density at radius 3 is 2.54 bits per heavy atom. The first kappa shape index (κ1) is 54.0. The van der Waals surface area contributed by atoms with E-state index in [9.17, 15) is 29.1 Å². The highest BCUT2D eigenvalue weighted by Crippen LogP contribution is 2.41. The molecule has 2 aromatic heterocycles. The van der Waals surface area contributed by atoms with Crippen LogP contribution in [0.2, 0.25) is 0 Å². The number of cyclic esters (lactones) is 1. The average Bonchev–Trinajstić information content (AvgIpc) is 3.99. The number of benzene rings is 2. The quantitative estimate of drug-likeness (QED) is 0.137. The number of ether oxygens (including phenoxy) is 3. The highest BCUT2D eigenvalue weighted by molar-refractivity contribution is 5.97. The Hall–Kier alpha value is -6.32. The first-order valence-corrected chi connectivity index (χ1v) is 26.2. The molecule has 0 saturated carbocycles. The number of amides is 4. The molecular formula is C57H74N8O9. The number of methoxy groups -OCH3 is 1. The van der Waals surface area contributed by atoms with Crippen LogP contribution in [0.4, 0.5) is 0 Å². The Morgan fingerprint density at radius 1 is 1.04 bits per heavy atom. The number of phenolic OH excluding ortho intramolecular Hbond substituents is 1. The van der Waals surface area contributed by atoms with Crippen molar-refractivity contribution in [2.45, 2.75) is 124 Å². The number of carbonyl (C=O) groups excluding carboxylic acids is 5. The van der Waals surface area contributed by atoms with Gasteiger partial charge >= 0.3 is 5.97 Å². The molecule has 6 atom stereocenters. The number of hydrogen-bond donors (Lipinski definition) is 3. The Bertz CT molecular complexity index is 2800. The molecule has 6 heterocycles. The first-order chi connectivity index (χ1) is 35.4. The molecule has 3 N–H and O–H groups in total. The zero-order chi connectivity index (χ0) is 53.0. The second-order valence-corrected chi connectivity index (χ2v) is 21.7. The van der Waals surface area contributed by atoms with Gasteiger partial charge in [-0.05, 0) is 117 Å². The van der Waals surface area contributed by atoms with Crippen molar-refractivity contribution < 1.29 is 43.3 Å². The molecule has 74 heavy (non-hydrogen) atoms. The van der Waals surface area contributed by atoms with Gasteiger partial charge in [0.2, 0.25) is 11.8 Å². The lowest BCUT2D eigenvalue weighted by Crippen LogP contribution is -2.62. The molecule has 4 aromatic rings. The van der Waals surface area contributed by atoms with E-state index >= 15 is 0 Å². The van der Waals surface area contributed by atoms with Crippen molar-refractivity contribution >= 4 is 40.5 Å². The summed E-state index contributed by atoms with van der Waals surface area (Å²) in [6, 6.07) is 12.8. The minimum atomic E-state index is -1.18. The number of rotatable bonds is 10. The summed E-state index contributed by atoms with van der Waals surface area (Å²) in [6.07, 6.45) is 3.64. The topological polar surface area (TPSA) is 188 Å². The van der Waals surface area contributed by atoms with Crippen LogP contribution in [-0.2, 0) is 64.2 Å². The number of carbonyl (C=O) groups is 5. The fourth-order valence-electron chi connectivity index (χ4n) is 11.3. The number of nitrogens with one attached hydrogen (secondary N) is 2. The summed E-state index contributed by atoms with van der Waals surface area (Å²) in [5.41, 5.74) is 9.52. The van der Waals surface area contributed by atoms with Crippen LogP contribution in [0.1, 0.15) is 84.5 Å². The lowest BCUT2D eigenvalue weighted by atomic mass is 9.84. The predicted molar refractivity (Wildman–Crippen MR) is 281 cm³/mol. The van der Waals surface area contributed by atoms with Crippen LogP contribution in [0, 0.1) is 29.1 Å². The predicted octanol–water partition coefficient (Wildman–Crippen LogP) is 5.33. The van der Waals surface area contributed by atoms with Crippen LogP contribution in [0.5, 0.6) is 5.75 Å². The van der Waals surface area contributed by atoms with E-state index in [0.29, 0.717) is 76.3 Å². The van der Waals surface area contributed by atoms with Crippen LogP contribution < -0.4 is 10.7 Å². The number of aryl methyl sites for hydroxylation is 1. The average molecular weight is 1020 g/mol. The molecule has 17 nitrogen and oxygen atoms in total. The van der Waals surface area contributed by atoms with Gasteiger partial charge in [0.05, 0.1) is 50.3 Å². The van der Waals surface area contributed by atoms with Crippen LogP contribution in [0.15, 0.2) is 54.7 Å². The van der Waals surface area contributed by atoms with E-state index in [4.69, 9.17) is 19.2 Å². The highest BCUT2D eigenvalue weighted by Gasteiger charge is 2.40. The van der Waals surface area contributed by atoms with Crippen molar-refractivity contribution in [1.82, 2.24) is 40.0 Å². The molecule has 1 unspecified atom stereocenters. The van der Waals surface area contributed by atoms with E-state index in [1.165, 1.54) is 9.91 Å². The fraction of sp³-hybridized carbons (Fsp3) is 0.544. The van der Waals surface area contributed by atoms with E-state index in [0.717, 1.165) is 39.0 Å². The van der Waals surface area contributed by atoms with Gasteiger partial charge < -0.3 is 39.0 Å². The molecule has 6 bridgehead atoms. The van der Waals surface area contributed by atoms with Gasteiger partial charge in [0.15, 0.2) is 0 Å². The molecule has 0 spiro atoms. The monoisotopic (exact) mass is 1010 g/mol. The molecule has 4 amide bonds. The number of aromatic hydroxyl groups is 1. The number of hydrazine groups is 1. The molecular weight excluding hydrogens is 941 g/mol. The van der Waals surface area contributed by atoms with E-state index < -0.39 is 47.2 Å². The minimum Gasteiger partial charge on any atom is -0.508 e. The molecule has 0 radical (unpaired) electrons. The zero-order valence-corrected chi connectivity index (χ0v) is 44.5. The van der Waals surface area contributed by atoms with E-state index in [1.54, 1.807) is 37.4 Å². The zero-order valence-electron chi connectivity index (χ0n) is 44.5. The number of morpholine rings is 1. The number of nitrogens with zero attached hydrogens (tertiary/aromatic N) is 6. The van der Waals surface area contributed by atoms with Gasteiger partial charge in [0.25, 0.3) is 11.8 Å². The molecule has 3 saturated heterocycles. The van der Waals surface area contributed by atoms with Crippen LogP contribution >= 0.6 is 0 Å². The number of hydrogen-bond acceptors (Lipinski definition) is 12. The molecule has 396 valence electrons. The number of esters is 1. The van der Waals surface area contributed by atoms with E-state index in [1.807, 2.05) is 32.0 Å². The Kier molecular flexibility index (Phi) is 16.8. The number of pyridine rings is 1. The van der Waals surface area contributed by atoms with Gasteiger partial charge in [-0.1, -0.05) is 45.7 Å². The maximum atomic E-state index is 14.8. The standard InChI is InChI=1S/C57H74N8O9/c1-10-63-49-18-17-39-28-44(49)45(52(63)43-14-11-20-58-48(43)33-72-9)29-57(6,7)34-74-56(71)46-15-12-22-65(60-46)55(70)47(26-38-24-41(39)27-42(66)25-38)59-53(68)51(35(2)3)61(8)54(69)40-19-23-62(30-40)50(67)16-13-21-64-36(4)31-73-32-37(64)5/h11,14,17-18,20,24-25,27-28,35-37,40,46-47,51,60,66H,10,12,15,19,21-23,26,29-34H2,1-9H3,(H,59,68)/t36-,37-,40-,46-,47-,51?/m0/s1. The van der Waals surface area contributed by atoms with Gasteiger partial charge in [-0.25, -0.2) is 5.43 Å². The second kappa shape index (κ2) is 23.1. The minimum absolute atomic E-state index is 0.0158. The van der Waals surface area contributed by atoms with Crippen LogP contribution in [0.3, 0.4) is 0 Å². The van der Waals surface area contributed by atoms with Gasteiger partial charge in [0.1, 0.15) is 23.9 Å². The molecule has 8 rings (SSSR count). The lowest BCUT2D eigenvalue weighted by Gasteiger charge is -2.37. The van der Waals surface area contributed by atoms with Crippen molar-refractivity contribution in [1.29, 1.82) is 0 Å². The smallest absolute Gasteiger partial charge is 0.324 e. The number of aromatic nitrogens is 2. The molecule has 3 fully saturated rings. The van der Waals surface area contributed by atoms with Crippen molar-refractivity contribution in [2.24, 2.45) is 17.3 Å². The summed E-state index contributed by atoms with van der Waals surface area (Å²) in [4.78, 5) is 81.0. The molecule has 4 aliphatic heterocycles. The molecule has 0 aliphatic carbocycles. The summed E-state index contributed by atoms with van der Waals surface area (Å²) < 4.78 is 19.6. The number of likely N-dealkylation sites (tertiary alicyclic amines) is 1. The molecule has 17 heteroatoms. The number of phenols is 1. The number of likely N-dealkylation sites (N-methyl/N-ethyl adjacent to an activating group) is 1. The van der Waals surface area contributed by atoms with Crippen LogP contribution in [0.25, 0.3) is 33.3 Å². The summed E-state index contributed by atoms with van der Waals surface area (Å²) in [6.45, 7) is 17.6. The second-order valence-electron chi connectivity index (χ2n) is 21.7. The normalized spacial score (nSPS) is 22.9. The van der Waals surface area contributed by atoms with Gasteiger partial charge in [0, 0.05) is 86.9 Å². The van der Waals surface area contributed by atoms with Crippen molar-refractivity contribution in [2.75, 3.05) is 60.2 Å². The lowest BCUT2D eigenvalue weighted by molar-refractivity contribution is -0.155. The molecule has 2 aromatic carbocycles. The summed E-state index contributed by atoms with van der Waals surface area (Å²) >= 11 is 0. The van der Waals surface area contributed by atoms with Crippen molar-refractivity contribution in [3.8, 4) is 40.0 Å². The van der Waals surface area contributed by atoms with Crippen LogP contribution in [-0.4, -0.2) is 154 Å². The summed E-state index contributed by atoms with van der Waals surface area (Å²) in [5, 5.41) is 16.8. The highest BCUT2D eigenvalue weighted by atomic mass is 16.5. The van der Waals surface area contributed by atoms with Gasteiger partial charge in [-0.2, -0.15) is 0 Å². The SMILES string of the molecule is CCn1c(-c2cccnc2COC)c2c3cc(ccc31)-c1cc(O)cc(c1)C[C@H](NC(=O)C(C(C)C)N(C)C(=O)[C@H]1CCN(C(=O)C#CCN3[C@@H](C)COC[C@@H]3C)C1)C(=O)N1CCC[C@H](N1)C(=O)OCC(C)(C)C2. The third kappa shape index (κ3) is 11.8. The van der Waals surface area contributed by atoms with Gasteiger partial charge in [-0.3, -0.25) is 38.9 Å². The Morgan fingerprint density at radius 2 is 1.81 bits per heavy atom.